The molecule has 0 saturated carbocycles. The minimum absolute atomic E-state index is 0.0459. The van der Waals surface area contributed by atoms with Crippen molar-refractivity contribution in [2.45, 2.75) is 19.4 Å². The minimum atomic E-state index is -3.72. The molecule has 120 valence electrons. The first-order valence-corrected chi connectivity index (χ1v) is 9.68. The molecular weight excluding hydrogens is 326 g/mol. The Bertz CT molecular complexity index is 738. The second-order valence-electron chi connectivity index (χ2n) is 5.52. The molecule has 0 atom stereocenters. The van der Waals surface area contributed by atoms with Gasteiger partial charge in [-0.05, 0) is 32.2 Å². The number of carbonyl (C=O) groups excluding carboxylic acids is 1. The van der Waals surface area contributed by atoms with E-state index < -0.39 is 21.6 Å². The lowest BCUT2D eigenvalue weighted by atomic mass is 10.1. The average Bonchev–Trinajstić information content (AvgIpc) is 2.64. The van der Waals surface area contributed by atoms with E-state index in [9.17, 15) is 13.2 Å². The summed E-state index contributed by atoms with van der Waals surface area (Å²) in [4.78, 5) is 16.4. The molecular formula is C14H17NO5S2. The molecule has 0 unspecified atom stereocenters. The van der Waals surface area contributed by atoms with Crippen LogP contribution in [0.3, 0.4) is 0 Å². The molecule has 2 rings (SSSR count). The van der Waals surface area contributed by atoms with Gasteiger partial charge in [-0.2, -0.15) is 20.2 Å². The monoisotopic (exact) mass is 343 g/mol. The van der Waals surface area contributed by atoms with Gasteiger partial charge < -0.3 is 8.92 Å². The van der Waals surface area contributed by atoms with E-state index in [1.807, 2.05) is 20.1 Å². The third kappa shape index (κ3) is 3.80. The van der Waals surface area contributed by atoms with Crippen LogP contribution < -0.4 is 4.18 Å². The summed E-state index contributed by atoms with van der Waals surface area (Å²) in [6, 6.07) is 4.56. The molecule has 0 aliphatic carbocycles. The zero-order valence-electron chi connectivity index (χ0n) is 12.7. The molecule has 0 saturated heterocycles. The van der Waals surface area contributed by atoms with Crippen LogP contribution in [0.15, 0.2) is 23.2 Å². The molecule has 0 spiro atoms. The molecule has 0 N–H and O–H groups in total. The number of benzene rings is 1. The summed E-state index contributed by atoms with van der Waals surface area (Å²) >= 11 is 1.61. The van der Waals surface area contributed by atoms with Crippen molar-refractivity contribution in [3.05, 3.63) is 29.3 Å². The highest BCUT2D eigenvalue weighted by molar-refractivity contribution is 7.98. The van der Waals surface area contributed by atoms with Gasteiger partial charge in [0.1, 0.15) is 0 Å². The van der Waals surface area contributed by atoms with Gasteiger partial charge in [-0.1, -0.05) is 6.07 Å². The number of nitrogens with zero attached hydrogens (tertiary/aromatic N) is 1. The van der Waals surface area contributed by atoms with Crippen molar-refractivity contribution in [2.75, 3.05) is 18.3 Å². The Kier molecular flexibility index (Phi) is 4.53. The third-order valence-electron chi connectivity index (χ3n) is 2.79. The first kappa shape index (κ1) is 16.8. The van der Waals surface area contributed by atoms with E-state index in [-0.39, 0.29) is 22.8 Å². The summed E-state index contributed by atoms with van der Waals surface area (Å²) < 4.78 is 32.9. The normalized spacial score (nSPS) is 16.5. The van der Waals surface area contributed by atoms with Gasteiger partial charge in [-0.3, -0.25) is 0 Å². The Morgan fingerprint density at radius 3 is 2.64 bits per heavy atom. The Labute approximate surface area is 134 Å². The highest BCUT2D eigenvalue weighted by atomic mass is 32.2. The smallest absolute Gasteiger partial charge is 0.345 e. The number of aliphatic imine (C=N–C) groups is 1. The van der Waals surface area contributed by atoms with E-state index in [4.69, 9.17) is 8.92 Å². The lowest BCUT2D eigenvalue weighted by Gasteiger charge is -2.18. The van der Waals surface area contributed by atoms with Gasteiger partial charge in [0.15, 0.2) is 5.75 Å². The molecule has 8 heteroatoms. The van der Waals surface area contributed by atoms with E-state index in [1.54, 1.807) is 17.8 Å². The molecule has 0 bridgehead atoms. The lowest BCUT2D eigenvalue weighted by Crippen LogP contribution is -2.23. The van der Waals surface area contributed by atoms with Gasteiger partial charge in [0.05, 0.1) is 22.9 Å². The standard InChI is InChI=1S/C14H17NO5S2/c1-14(2,8-21-3)15-12-11-9(13(16)19-12)6-5-7-10(11)20-22(4,17)18/h5-7H,8H2,1-4H3/b15-12+. The summed E-state index contributed by atoms with van der Waals surface area (Å²) in [5.41, 5.74) is 0.0708. The number of thioether (sulfide) groups is 1. The quantitative estimate of drug-likeness (QED) is 0.601. The summed E-state index contributed by atoms with van der Waals surface area (Å²) in [6.45, 7) is 3.81. The molecule has 1 heterocycles. The summed E-state index contributed by atoms with van der Waals surface area (Å²) in [5, 5.41) is 0. The fourth-order valence-electron chi connectivity index (χ4n) is 2.09. The SMILES string of the molecule is CSCC(C)(C)/N=C1/OC(=O)c2cccc(OS(C)(=O)=O)c21. The van der Waals surface area contributed by atoms with Gasteiger partial charge in [0, 0.05) is 5.75 Å². The van der Waals surface area contributed by atoms with Gasteiger partial charge in [0.25, 0.3) is 0 Å². The van der Waals surface area contributed by atoms with Crippen LogP contribution in [0.25, 0.3) is 0 Å². The van der Waals surface area contributed by atoms with Crippen LogP contribution >= 0.6 is 11.8 Å². The van der Waals surface area contributed by atoms with Crippen molar-refractivity contribution < 1.29 is 22.1 Å². The first-order chi connectivity index (χ1) is 10.1. The third-order valence-corrected chi connectivity index (χ3v) is 4.27. The molecule has 1 aliphatic rings. The number of cyclic esters (lactones) is 1. The van der Waals surface area contributed by atoms with E-state index in [0.29, 0.717) is 0 Å². The van der Waals surface area contributed by atoms with E-state index in [2.05, 4.69) is 4.99 Å². The van der Waals surface area contributed by atoms with Crippen molar-refractivity contribution in [3.63, 3.8) is 0 Å². The highest BCUT2D eigenvalue weighted by Crippen LogP contribution is 2.32. The predicted molar refractivity (Wildman–Crippen MR) is 86.3 cm³/mol. The van der Waals surface area contributed by atoms with Gasteiger partial charge in [0.2, 0.25) is 5.90 Å². The van der Waals surface area contributed by atoms with Crippen LogP contribution in [0.2, 0.25) is 0 Å². The van der Waals surface area contributed by atoms with Crippen molar-refractivity contribution in [2.24, 2.45) is 4.99 Å². The minimum Gasteiger partial charge on any atom is -0.403 e. The second-order valence-corrected chi connectivity index (χ2v) is 7.96. The number of ether oxygens (including phenoxy) is 1. The maximum Gasteiger partial charge on any atom is 0.345 e. The molecule has 0 amide bonds. The summed E-state index contributed by atoms with van der Waals surface area (Å²) in [7, 11) is -3.72. The van der Waals surface area contributed by atoms with Gasteiger partial charge in [-0.25, -0.2) is 9.79 Å². The Hall–Kier alpha value is -1.54. The van der Waals surface area contributed by atoms with Crippen LogP contribution in [-0.2, 0) is 14.9 Å². The summed E-state index contributed by atoms with van der Waals surface area (Å²) in [5.74, 6) is 0.300. The molecule has 0 aromatic heterocycles. The number of esters is 1. The number of fused-ring (bicyclic) bond motifs is 1. The maximum absolute atomic E-state index is 11.9. The highest BCUT2D eigenvalue weighted by Gasteiger charge is 2.34. The molecule has 0 fully saturated rings. The van der Waals surface area contributed by atoms with E-state index in [1.165, 1.54) is 12.1 Å². The van der Waals surface area contributed by atoms with Crippen molar-refractivity contribution in [1.29, 1.82) is 0 Å². The lowest BCUT2D eigenvalue weighted by molar-refractivity contribution is 0.0736. The fourth-order valence-corrected chi connectivity index (χ4v) is 3.32. The largest absolute Gasteiger partial charge is 0.403 e. The Balaban J connectivity index is 2.54. The average molecular weight is 343 g/mol. The van der Waals surface area contributed by atoms with E-state index in [0.717, 1.165) is 12.0 Å². The molecule has 22 heavy (non-hydrogen) atoms. The zero-order chi connectivity index (χ0) is 16.5. The number of hydrogen-bond donors (Lipinski definition) is 0. The fraction of sp³-hybridized carbons (Fsp3) is 0.429. The molecule has 1 aromatic rings. The molecule has 1 aliphatic heterocycles. The number of hydrogen-bond acceptors (Lipinski definition) is 7. The van der Waals surface area contributed by atoms with Crippen LogP contribution in [0.5, 0.6) is 5.75 Å². The van der Waals surface area contributed by atoms with E-state index >= 15 is 0 Å². The molecule has 0 radical (unpaired) electrons. The predicted octanol–water partition coefficient (Wildman–Crippen LogP) is 2.08. The van der Waals surface area contributed by atoms with Crippen molar-refractivity contribution in [1.82, 2.24) is 0 Å². The van der Waals surface area contributed by atoms with Crippen LogP contribution in [-0.4, -0.2) is 44.1 Å². The van der Waals surface area contributed by atoms with Crippen molar-refractivity contribution >= 4 is 33.7 Å². The Morgan fingerprint density at radius 2 is 2.05 bits per heavy atom. The van der Waals surface area contributed by atoms with Crippen molar-refractivity contribution in [3.8, 4) is 5.75 Å². The zero-order valence-corrected chi connectivity index (χ0v) is 14.4. The molecule has 6 nitrogen and oxygen atoms in total. The second kappa shape index (κ2) is 5.92. The van der Waals surface area contributed by atoms with Crippen LogP contribution in [0.4, 0.5) is 0 Å². The summed E-state index contributed by atoms with van der Waals surface area (Å²) in [6.07, 6.45) is 2.90. The first-order valence-electron chi connectivity index (χ1n) is 6.47. The topological polar surface area (TPSA) is 82.0 Å². The van der Waals surface area contributed by atoms with Crippen LogP contribution in [0, 0.1) is 0 Å². The van der Waals surface area contributed by atoms with Gasteiger partial charge >= 0.3 is 16.1 Å². The van der Waals surface area contributed by atoms with Crippen LogP contribution in [0.1, 0.15) is 29.8 Å². The maximum atomic E-state index is 11.9. The number of carbonyl (C=O) groups is 1. The van der Waals surface area contributed by atoms with Gasteiger partial charge in [-0.15, -0.1) is 0 Å². The number of rotatable bonds is 5. The molecule has 1 aromatic carbocycles. The Morgan fingerprint density at radius 1 is 1.36 bits per heavy atom.